The van der Waals surface area contributed by atoms with Crippen LogP contribution in [0.15, 0.2) is 53.6 Å². The number of carbonyl (C=O) groups excluding carboxylic acids is 5. The third kappa shape index (κ3) is 15.0. The molecule has 2 aliphatic carbocycles. The highest BCUT2D eigenvalue weighted by Gasteiger charge is 2.45. The molecule has 2 fully saturated rings. The van der Waals surface area contributed by atoms with Gasteiger partial charge in [-0.1, -0.05) is 116 Å². The van der Waals surface area contributed by atoms with Gasteiger partial charge in [0.2, 0.25) is 17.7 Å². The molecule has 2 aromatic rings. The van der Waals surface area contributed by atoms with Crippen LogP contribution < -0.4 is 16.0 Å². The Bertz CT molecular complexity index is 2080. The largest absolute Gasteiger partial charge is 0.462 e. The highest BCUT2D eigenvalue weighted by molar-refractivity contribution is 7.13. The smallest absolute Gasteiger partial charge is 0.407 e. The van der Waals surface area contributed by atoms with Gasteiger partial charge < -0.3 is 40.5 Å². The summed E-state index contributed by atoms with van der Waals surface area (Å²) < 4.78 is 11.7. The molecule has 1 aromatic heterocycles. The van der Waals surface area contributed by atoms with Crippen LogP contribution in [0.5, 0.6) is 0 Å². The summed E-state index contributed by atoms with van der Waals surface area (Å²) in [6.07, 6.45) is 15.1. The van der Waals surface area contributed by atoms with Gasteiger partial charge in [-0.25, -0.2) is 9.78 Å². The zero-order chi connectivity index (χ0) is 49.0. The molecule has 14 nitrogen and oxygen atoms in total. The number of hydrogen-bond acceptors (Lipinski definition) is 11. The summed E-state index contributed by atoms with van der Waals surface area (Å²) in [4.78, 5) is 72.5. The number of cyclic esters (lactones) is 1. The third-order valence-corrected chi connectivity index (χ3v) is 15.2. The van der Waals surface area contributed by atoms with Gasteiger partial charge in [0.15, 0.2) is 0 Å². The van der Waals surface area contributed by atoms with Crippen molar-refractivity contribution >= 4 is 41.1 Å². The van der Waals surface area contributed by atoms with Crippen molar-refractivity contribution in [2.24, 2.45) is 29.1 Å². The summed E-state index contributed by atoms with van der Waals surface area (Å²) in [6.45, 7) is 12.9. The Labute approximate surface area is 407 Å². The Morgan fingerprint density at radius 1 is 0.926 bits per heavy atom. The normalized spacial score (nSPS) is 26.3. The molecular formula is C53H77N5O9S. The predicted octanol–water partition coefficient (Wildman–Crippen LogP) is 8.08. The standard InChI is InChI=1S/C53H77N5O9S/c1-33-25-38-19-16-34(2)42(23-22-41-27-39(59)29-46(62)66-41)47(38)44(26-33)67-52(65)54-24-14-12-10-8-7-9-11-13-15-45(61)57-49(53(4,5)6)51(64)58-31-40(60)28-43(58)50(63)55-30-36-17-20-37(21-18-36)48-35(3)56-32-68-48/h16-21,25,32-34,39-44,47,49,59-60H,7-15,22-24,26-31H2,1-6H3,(H,54,65)(H,55,63)(H,57,61)/t33-,34-,39+,40+,41+,42-,43-,44-,47-,49+/m0/s1. The number of fused-ring (bicyclic) bond motifs is 1. The number of hydrogen-bond donors (Lipinski definition) is 5. The molecule has 4 aliphatic rings. The summed E-state index contributed by atoms with van der Waals surface area (Å²) in [5.41, 5.74) is 5.36. The first-order valence-corrected chi connectivity index (χ1v) is 26.1. The molecule has 10 atom stereocenters. The van der Waals surface area contributed by atoms with Crippen LogP contribution in [0.25, 0.3) is 10.4 Å². The molecule has 2 aliphatic heterocycles. The van der Waals surface area contributed by atoms with Gasteiger partial charge in [-0.2, -0.15) is 0 Å². The van der Waals surface area contributed by atoms with Gasteiger partial charge in [0.25, 0.3) is 0 Å². The number of alkyl carbamates (subject to hydrolysis) is 1. The molecule has 4 amide bonds. The van der Waals surface area contributed by atoms with Crippen LogP contribution in [-0.4, -0.2) is 99.5 Å². The highest BCUT2D eigenvalue weighted by atomic mass is 32.1. The lowest BCUT2D eigenvalue weighted by Crippen LogP contribution is -2.57. The monoisotopic (exact) mass is 960 g/mol. The van der Waals surface area contributed by atoms with Crippen molar-refractivity contribution in [1.29, 1.82) is 0 Å². The number of aliphatic hydroxyl groups excluding tert-OH is 2. The van der Waals surface area contributed by atoms with E-state index in [1.165, 1.54) is 10.5 Å². The van der Waals surface area contributed by atoms with Crippen LogP contribution in [0.1, 0.15) is 142 Å². The number of benzene rings is 1. The molecule has 15 heteroatoms. The fourth-order valence-corrected chi connectivity index (χ4v) is 11.3. The summed E-state index contributed by atoms with van der Waals surface area (Å²) in [5.74, 6) is -0.370. The number of thiazole rings is 1. The Balaban J connectivity index is 0.842. The van der Waals surface area contributed by atoms with E-state index in [9.17, 15) is 34.2 Å². The number of aromatic nitrogens is 1. The predicted molar refractivity (Wildman–Crippen MR) is 263 cm³/mol. The number of rotatable bonds is 21. The maximum absolute atomic E-state index is 14.0. The molecular weight excluding hydrogens is 883 g/mol. The van der Waals surface area contributed by atoms with E-state index in [1.54, 1.807) is 11.3 Å². The van der Waals surface area contributed by atoms with Gasteiger partial charge in [0.05, 0.1) is 34.7 Å². The topological polar surface area (TPSA) is 196 Å². The van der Waals surface area contributed by atoms with Crippen LogP contribution in [-0.2, 0) is 35.2 Å². The fourth-order valence-electron chi connectivity index (χ4n) is 10.5. The first-order chi connectivity index (χ1) is 32.5. The highest BCUT2D eigenvalue weighted by Crippen LogP contribution is 2.45. The van der Waals surface area contributed by atoms with E-state index in [4.69, 9.17) is 9.47 Å². The minimum absolute atomic E-state index is 0.0284. The number of esters is 1. The summed E-state index contributed by atoms with van der Waals surface area (Å²) in [6, 6.07) is 6.23. The van der Waals surface area contributed by atoms with Gasteiger partial charge in [0.1, 0.15) is 24.3 Å². The second-order valence-corrected chi connectivity index (χ2v) is 21.8. The maximum atomic E-state index is 14.0. The number of β-amino-alcohol motifs (C(OH)–C–C–N with tert-alkyl or cyclic N) is 1. The molecule has 6 rings (SSSR count). The van der Waals surface area contributed by atoms with E-state index in [0.717, 1.165) is 79.5 Å². The average Bonchev–Trinajstić information content (AvgIpc) is 3.90. The second-order valence-electron chi connectivity index (χ2n) is 21.0. The SMILES string of the molecule is Cc1ncsc1-c1ccc(CNC(=O)[C@@H]2C[C@@H](O)CN2C(=O)[C@@H](NC(=O)CCCCCCCCCCNC(=O)O[C@H]2C[C@@H](C)C=C3C=C[C@H](C)[C@H](CC[C@@H]4C[C@@H](O)CC(=O)O4)[C@H]32)C(C)(C)C)cc1. The van der Waals surface area contributed by atoms with Crippen LogP contribution >= 0.6 is 11.3 Å². The number of nitrogens with one attached hydrogen (secondary N) is 3. The number of nitrogens with zero attached hydrogens (tertiary/aromatic N) is 2. The Kier molecular flexibility index (Phi) is 19.2. The van der Waals surface area contributed by atoms with Crippen molar-refractivity contribution in [3.05, 3.63) is 64.8 Å². The quantitative estimate of drug-likeness (QED) is 0.0603. The zero-order valence-corrected chi connectivity index (χ0v) is 42.0. The number of likely N-dealkylation sites (tertiary alicyclic amines) is 1. The molecule has 68 heavy (non-hydrogen) atoms. The number of carbonyl (C=O) groups is 5. The van der Waals surface area contributed by atoms with Crippen molar-refractivity contribution in [2.75, 3.05) is 13.1 Å². The molecule has 5 N–H and O–H groups in total. The third-order valence-electron chi connectivity index (χ3n) is 14.2. The first kappa shape index (κ1) is 52.8. The lowest BCUT2D eigenvalue weighted by molar-refractivity contribution is -0.160. The lowest BCUT2D eigenvalue weighted by atomic mass is 9.65. The molecule has 3 heterocycles. The number of unbranched alkanes of at least 4 members (excludes halogenated alkanes) is 7. The molecule has 374 valence electrons. The van der Waals surface area contributed by atoms with E-state index in [-0.39, 0.29) is 91.6 Å². The average molecular weight is 960 g/mol. The summed E-state index contributed by atoms with van der Waals surface area (Å²) in [5, 5.41) is 29.6. The van der Waals surface area contributed by atoms with E-state index >= 15 is 0 Å². The lowest BCUT2D eigenvalue weighted by Gasteiger charge is -2.43. The maximum Gasteiger partial charge on any atom is 0.407 e. The van der Waals surface area contributed by atoms with Gasteiger partial charge >= 0.3 is 12.1 Å². The van der Waals surface area contributed by atoms with E-state index in [1.807, 2.05) is 57.5 Å². The number of aliphatic hydroxyl groups is 2. The Hall–Kier alpha value is -4.60. The van der Waals surface area contributed by atoms with Crippen LogP contribution in [0.2, 0.25) is 0 Å². The molecule has 0 radical (unpaired) electrons. The van der Waals surface area contributed by atoms with E-state index < -0.39 is 29.7 Å². The Morgan fingerprint density at radius 2 is 1.63 bits per heavy atom. The van der Waals surface area contributed by atoms with E-state index in [2.05, 4.69) is 53.0 Å². The zero-order valence-electron chi connectivity index (χ0n) is 41.2. The van der Waals surface area contributed by atoms with E-state index in [0.29, 0.717) is 32.2 Å². The molecule has 2 saturated heterocycles. The fraction of sp³-hybridized carbons (Fsp3) is 0.660. The second kappa shape index (κ2) is 24.8. The number of allylic oxidation sites excluding steroid dienone is 3. The first-order valence-electron chi connectivity index (χ1n) is 25.2. The van der Waals surface area contributed by atoms with Gasteiger partial charge in [0, 0.05) is 44.8 Å². The van der Waals surface area contributed by atoms with Crippen molar-refractivity contribution in [3.8, 4) is 10.4 Å². The van der Waals surface area contributed by atoms with Crippen LogP contribution in [0.3, 0.4) is 0 Å². The minimum atomic E-state index is -0.857. The number of amides is 4. The van der Waals surface area contributed by atoms with Crippen molar-refractivity contribution in [2.45, 2.75) is 181 Å². The number of ether oxygens (including phenoxy) is 2. The van der Waals surface area contributed by atoms with Gasteiger partial charge in [-0.05, 0) is 78.9 Å². The molecule has 0 saturated carbocycles. The Morgan fingerprint density at radius 3 is 2.31 bits per heavy atom. The van der Waals surface area contributed by atoms with Gasteiger partial charge in [-0.3, -0.25) is 19.2 Å². The minimum Gasteiger partial charge on any atom is -0.462 e. The summed E-state index contributed by atoms with van der Waals surface area (Å²) >= 11 is 1.58. The van der Waals surface area contributed by atoms with Crippen LogP contribution in [0.4, 0.5) is 4.79 Å². The molecule has 0 unspecified atom stereocenters. The number of aryl methyl sites for hydroxylation is 1. The molecule has 1 aromatic carbocycles. The molecule has 0 bridgehead atoms. The van der Waals surface area contributed by atoms with Crippen molar-refractivity contribution in [3.63, 3.8) is 0 Å². The van der Waals surface area contributed by atoms with Crippen molar-refractivity contribution in [1.82, 2.24) is 25.8 Å². The van der Waals surface area contributed by atoms with Crippen molar-refractivity contribution < 1.29 is 43.7 Å². The molecule has 0 spiro atoms. The van der Waals surface area contributed by atoms with Crippen LogP contribution in [0, 0.1) is 36.0 Å². The summed E-state index contributed by atoms with van der Waals surface area (Å²) in [7, 11) is 0. The van der Waals surface area contributed by atoms with Gasteiger partial charge in [-0.15, -0.1) is 11.3 Å².